The summed E-state index contributed by atoms with van der Waals surface area (Å²) in [6.45, 7) is 9.41. The highest BCUT2D eigenvalue weighted by Gasteiger charge is 2.18. The fraction of sp³-hybridized carbons (Fsp3) is 0.167. The van der Waals surface area contributed by atoms with Gasteiger partial charge in [-0.15, -0.1) is 0 Å². The summed E-state index contributed by atoms with van der Waals surface area (Å²) in [4.78, 5) is 50.3. The second-order valence-electron chi connectivity index (χ2n) is 13.7. The molecule has 6 aromatic carbocycles. The molecule has 8 nitrogen and oxygen atoms in total. The molecule has 0 aromatic heterocycles. The topological polar surface area (TPSA) is 105 Å². The number of hydrogen-bond acceptors (Lipinski definition) is 8. The molecule has 0 aliphatic heterocycles. The van der Waals surface area contributed by atoms with Gasteiger partial charge in [-0.1, -0.05) is 74.5 Å². The average molecular weight is 747 g/mol. The molecule has 0 aliphatic carbocycles. The average Bonchev–Trinajstić information content (AvgIpc) is 3.22. The molecule has 0 N–H and O–H groups in total. The lowest BCUT2D eigenvalue weighted by atomic mass is 9.91. The second-order valence-corrected chi connectivity index (χ2v) is 13.7. The Balaban J connectivity index is 1.03. The maximum absolute atomic E-state index is 13.1. The maximum atomic E-state index is 13.1. The summed E-state index contributed by atoms with van der Waals surface area (Å²) in [5.74, 6) is 0.569. The number of carbonyl (C=O) groups is 4. The molecular weight excluding hydrogens is 705 g/mol. The normalized spacial score (nSPS) is 11.9. The van der Waals surface area contributed by atoms with Crippen LogP contribution in [0.15, 0.2) is 133 Å². The van der Waals surface area contributed by atoms with Crippen LogP contribution in [-0.2, 0) is 0 Å². The number of hydrogen-bond donors (Lipinski definition) is 0. The van der Waals surface area contributed by atoms with E-state index in [0.29, 0.717) is 39.5 Å². The van der Waals surface area contributed by atoms with Gasteiger partial charge in [0.05, 0.1) is 23.8 Å². The number of methoxy groups -OCH3 is 1. The van der Waals surface area contributed by atoms with Crippen molar-refractivity contribution in [2.45, 2.75) is 46.5 Å². The van der Waals surface area contributed by atoms with E-state index in [2.05, 4.69) is 13.8 Å². The van der Waals surface area contributed by atoms with Crippen molar-refractivity contribution in [2.75, 3.05) is 7.11 Å². The van der Waals surface area contributed by atoms with Crippen LogP contribution in [-0.4, -0.2) is 30.8 Å². The predicted molar refractivity (Wildman–Crippen MR) is 215 cm³/mol. The molecule has 6 aromatic rings. The van der Waals surface area contributed by atoms with E-state index in [1.807, 2.05) is 74.5 Å². The molecule has 0 aliphatic rings. The minimum atomic E-state index is -0.550. The summed E-state index contributed by atoms with van der Waals surface area (Å²) in [6.07, 6.45) is 0. The number of ether oxygens (including phenoxy) is 4. The van der Waals surface area contributed by atoms with Gasteiger partial charge in [-0.25, -0.2) is 14.4 Å². The van der Waals surface area contributed by atoms with Crippen molar-refractivity contribution in [3.05, 3.63) is 189 Å². The molecule has 2 unspecified atom stereocenters. The lowest BCUT2D eigenvalue weighted by Crippen LogP contribution is -2.12. The number of esters is 3. The van der Waals surface area contributed by atoms with Crippen molar-refractivity contribution < 1.29 is 38.1 Å². The van der Waals surface area contributed by atoms with Crippen molar-refractivity contribution in [1.29, 1.82) is 0 Å². The van der Waals surface area contributed by atoms with E-state index in [4.69, 9.17) is 18.9 Å². The van der Waals surface area contributed by atoms with Crippen molar-refractivity contribution >= 4 is 23.7 Å². The SMILES string of the molecule is COc1ccc(C(C)c2ccc(OC(=O)c3ccc(C(=O)Oc4ccc(C(C)c5ccc(OC(=O)c6ccc(C(C)=O)cc6)c(C)c5)cc4C)cc3)cc2)cc1. The summed E-state index contributed by atoms with van der Waals surface area (Å²) in [7, 11) is 1.64. The minimum Gasteiger partial charge on any atom is -0.497 e. The van der Waals surface area contributed by atoms with E-state index in [-0.39, 0.29) is 17.6 Å². The zero-order chi connectivity index (χ0) is 39.9. The molecule has 8 heteroatoms. The van der Waals surface area contributed by atoms with E-state index in [0.717, 1.165) is 39.1 Å². The Labute approximate surface area is 326 Å². The molecule has 6 rings (SSSR count). The van der Waals surface area contributed by atoms with Gasteiger partial charge in [0, 0.05) is 17.4 Å². The van der Waals surface area contributed by atoms with Crippen LogP contribution in [0.3, 0.4) is 0 Å². The molecule has 0 radical (unpaired) electrons. The number of aryl methyl sites for hydroxylation is 2. The lowest BCUT2D eigenvalue weighted by molar-refractivity contribution is 0.0720. The Morgan fingerprint density at radius 2 is 0.768 bits per heavy atom. The highest BCUT2D eigenvalue weighted by Crippen LogP contribution is 2.32. The summed E-state index contributed by atoms with van der Waals surface area (Å²) in [5.41, 5.74) is 7.32. The van der Waals surface area contributed by atoms with Crippen molar-refractivity contribution in [3.63, 3.8) is 0 Å². The van der Waals surface area contributed by atoms with Gasteiger partial charge in [-0.2, -0.15) is 0 Å². The number of Topliss-reactive ketones (excluding diaryl/α,β-unsaturated/α-hetero) is 1. The third-order valence-electron chi connectivity index (χ3n) is 9.89. The lowest BCUT2D eigenvalue weighted by Gasteiger charge is -2.17. The van der Waals surface area contributed by atoms with E-state index < -0.39 is 17.9 Å². The number of benzene rings is 6. The van der Waals surface area contributed by atoms with Gasteiger partial charge in [0.25, 0.3) is 0 Å². The predicted octanol–water partition coefficient (Wildman–Crippen LogP) is 10.5. The van der Waals surface area contributed by atoms with Crippen molar-refractivity contribution in [1.82, 2.24) is 0 Å². The van der Waals surface area contributed by atoms with Gasteiger partial charge in [-0.3, -0.25) is 4.79 Å². The Hall–Kier alpha value is -6.80. The van der Waals surface area contributed by atoms with Gasteiger partial charge >= 0.3 is 17.9 Å². The number of carbonyl (C=O) groups excluding carboxylic acids is 4. The van der Waals surface area contributed by atoms with Crippen LogP contribution in [0, 0.1) is 13.8 Å². The Morgan fingerprint density at radius 1 is 0.429 bits per heavy atom. The van der Waals surface area contributed by atoms with E-state index in [1.54, 1.807) is 55.6 Å². The van der Waals surface area contributed by atoms with Crippen molar-refractivity contribution in [3.8, 4) is 23.0 Å². The van der Waals surface area contributed by atoms with Crippen LogP contribution in [0.4, 0.5) is 0 Å². The van der Waals surface area contributed by atoms with Gasteiger partial charge in [0.2, 0.25) is 0 Å². The molecule has 0 spiro atoms. The molecule has 0 heterocycles. The zero-order valence-corrected chi connectivity index (χ0v) is 32.1. The summed E-state index contributed by atoms with van der Waals surface area (Å²) >= 11 is 0. The standard InChI is InChI=1S/C48H42O8/c1-29-27-40(19-25-44(29)55-47(51)38-9-7-36(8-10-38)33(5)49)32(4)41-20-26-45(30(2)28-41)56-48(52)39-13-11-37(12-14-39)46(50)54-43-23-17-35(18-24-43)31(3)34-15-21-42(53-6)22-16-34/h7-28,31-32H,1-6H3. The Morgan fingerprint density at radius 3 is 1.14 bits per heavy atom. The van der Waals surface area contributed by atoms with Crippen LogP contribution in [0.25, 0.3) is 0 Å². The van der Waals surface area contributed by atoms with Crippen LogP contribution in [0.5, 0.6) is 23.0 Å². The summed E-state index contributed by atoms with van der Waals surface area (Å²) in [5, 5.41) is 0. The van der Waals surface area contributed by atoms with Gasteiger partial charge in [0.1, 0.15) is 23.0 Å². The van der Waals surface area contributed by atoms with Crippen LogP contribution in [0.1, 0.15) is 107 Å². The molecular formula is C48H42O8. The molecule has 0 bridgehead atoms. The maximum Gasteiger partial charge on any atom is 0.343 e. The van der Waals surface area contributed by atoms with E-state index in [1.165, 1.54) is 31.2 Å². The second kappa shape index (κ2) is 17.1. The molecule has 56 heavy (non-hydrogen) atoms. The Bertz CT molecular complexity index is 2380. The zero-order valence-electron chi connectivity index (χ0n) is 32.1. The highest BCUT2D eigenvalue weighted by atomic mass is 16.5. The van der Waals surface area contributed by atoms with Crippen molar-refractivity contribution in [2.24, 2.45) is 0 Å². The smallest absolute Gasteiger partial charge is 0.343 e. The first kappa shape index (κ1) is 38.9. The molecule has 2 atom stereocenters. The van der Waals surface area contributed by atoms with Gasteiger partial charge in [0.15, 0.2) is 5.78 Å². The third kappa shape index (κ3) is 9.10. The first-order chi connectivity index (χ1) is 26.9. The molecule has 0 fully saturated rings. The van der Waals surface area contributed by atoms with Crippen LogP contribution >= 0.6 is 0 Å². The molecule has 0 saturated heterocycles. The first-order valence-electron chi connectivity index (χ1n) is 18.2. The summed E-state index contributed by atoms with van der Waals surface area (Å²) < 4.78 is 22.2. The van der Waals surface area contributed by atoms with Gasteiger partial charge in [-0.05, 0) is 127 Å². The van der Waals surface area contributed by atoms with Gasteiger partial charge < -0.3 is 18.9 Å². The van der Waals surface area contributed by atoms with Crippen LogP contribution in [0.2, 0.25) is 0 Å². The summed E-state index contributed by atoms with van der Waals surface area (Å²) in [6, 6.07) is 39.2. The van der Waals surface area contributed by atoms with E-state index >= 15 is 0 Å². The number of rotatable bonds is 12. The third-order valence-corrected chi connectivity index (χ3v) is 9.89. The highest BCUT2D eigenvalue weighted by molar-refractivity contribution is 5.97. The largest absolute Gasteiger partial charge is 0.497 e. The number of ketones is 1. The molecule has 0 amide bonds. The Kier molecular flexibility index (Phi) is 11.9. The fourth-order valence-corrected chi connectivity index (χ4v) is 6.28. The quantitative estimate of drug-likeness (QED) is 0.0692. The monoisotopic (exact) mass is 746 g/mol. The molecule has 282 valence electrons. The van der Waals surface area contributed by atoms with E-state index in [9.17, 15) is 19.2 Å². The van der Waals surface area contributed by atoms with Crippen LogP contribution < -0.4 is 18.9 Å². The molecule has 0 saturated carbocycles. The minimum absolute atomic E-state index is 0.00538. The first-order valence-corrected chi connectivity index (χ1v) is 18.2. The fourth-order valence-electron chi connectivity index (χ4n) is 6.28.